The molecule has 0 saturated carbocycles. The highest BCUT2D eigenvalue weighted by Gasteiger charge is 2.31. The van der Waals surface area contributed by atoms with Crippen molar-refractivity contribution in [2.75, 3.05) is 5.73 Å². The molecule has 0 aliphatic rings. The SMILES string of the molecule is Nc1cc(Cc2ccccc2OC(F)(F)F)ccn1. The molecule has 1 aromatic heterocycles. The molecule has 2 rings (SSSR count). The number of alkyl halides is 3. The van der Waals surface area contributed by atoms with Crippen LogP contribution in [0.3, 0.4) is 0 Å². The molecule has 2 aromatic rings. The third-order valence-electron chi connectivity index (χ3n) is 2.44. The summed E-state index contributed by atoms with van der Waals surface area (Å²) < 4.78 is 40.8. The van der Waals surface area contributed by atoms with Gasteiger partial charge in [-0.25, -0.2) is 4.98 Å². The van der Waals surface area contributed by atoms with Crippen molar-refractivity contribution < 1.29 is 17.9 Å². The molecule has 3 nitrogen and oxygen atoms in total. The third-order valence-corrected chi connectivity index (χ3v) is 2.44. The Morgan fingerprint density at radius 2 is 1.89 bits per heavy atom. The summed E-state index contributed by atoms with van der Waals surface area (Å²) in [7, 11) is 0. The lowest BCUT2D eigenvalue weighted by Gasteiger charge is -2.13. The third kappa shape index (κ3) is 3.87. The summed E-state index contributed by atoms with van der Waals surface area (Å²) in [5, 5.41) is 0. The van der Waals surface area contributed by atoms with Crippen LogP contribution in [0.2, 0.25) is 0 Å². The van der Waals surface area contributed by atoms with Crippen LogP contribution >= 0.6 is 0 Å². The summed E-state index contributed by atoms with van der Waals surface area (Å²) in [5.74, 6) is 0.122. The molecule has 1 aromatic carbocycles. The molecule has 100 valence electrons. The van der Waals surface area contributed by atoms with Gasteiger partial charge in [0.25, 0.3) is 0 Å². The molecule has 0 fully saturated rings. The van der Waals surface area contributed by atoms with Gasteiger partial charge in [0.1, 0.15) is 11.6 Å². The predicted molar refractivity (Wildman–Crippen MR) is 64.6 cm³/mol. The smallest absolute Gasteiger partial charge is 0.405 e. The number of rotatable bonds is 3. The van der Waals surface area contributed by atoms with Crippen LogP contribution in [0.15, 0.2) is 42.6 Å². The molecule has 0 unspecified atom stereocenters. The molecular formula is C13H11F3N2O. The number of aromatic nitrogens is 1. The van der Waals surface area contributed by atoms with E-state index in [0.717, 1.165) is 5.56 Å². The Kier molecular flexibility index (Phi) is 3.59. The highest BCUT2D eigenvalue weighted by molar-refractivity contribution is 5.40. The van der Waals surface area contributed by atoms with Crippen molar-refractivity contribution in [2.45, 2.75) is 12.8 Å². The van der Waals surface area contributed by atoms with E-state index in [0.29, 0.717) is 17.8 Å². The average Bonchev–Trinajstić information content (AvgIpc) is 2.30. The van der Waals surface area contributed by atoms with Crippen molar-refractivity contribution in [3.63, 3.8) is 0 Å². The molecule has 0 radical (unpaired) electrons. The normalized spacial score (nSPS) is 11.3. The minimum atomic E-state index is -4.70. The molecule has 0 aliphatic carbocycles. The second kappa shape index (κ2) is 5.17. The Balaban J connectivity index is 2.25. The first-order chi connectivity index (χ1) is 8.94. The van der Waals surface area contributed by atoms with Crippen LogP contribution in [0.5, 0.6) is 5.75 Å². The number of anilines is 1. The van der Waals surface area contributed by atoms with Crippen molar-refractivity contribution in [3.8, 4) is 5.75 Å². The molecule has 1 heterocycles. The molecule has 0 atom stereocenters. The van der Waals surface area contributed by atoms with Gasteiger partial charge in [0.15, 0.2) is 0 Å². The topological polar surface area (TPSA) is 48.1 Å². The fourth-order valence-corrected chi connectivity index (χ4v) is 1.70. The molecule has 2 N–H and O–H groups in total. The van der Waals surface area contributed by atoms with E-state index in [2.05, 4.69) is 9.72 Å². The van der Waals surface area contributed by atoms with Crippen molar-refractivity contribution in [3.05, 3.63) is 53.7 Å². The fourth-order valence-electron chi connectivity index (χ4n) is 1.70. The second-order valence-corrected chi connectivity index (χ2v) is 3.92. The highest BCUT2D eigenvalue weighted by atomic mass is 19.4. The largest absolute Gasteiger partial charge is 0.573 e. The number of nitrogens with two attached hydrogens (primary N) is 1. The quantitative estimate of drug-likeness (QED) is 0.930. The van der Waals surface area contributed by atoms with Gasteiger partial charge in [-0.3, -0.25) is 0 Å². The van der Waals surface area contributed by atoms with E-state index in [9.17, 15) is 13.2 Å². The van der Waals surface area contributed by atoms with Crippen molar-refractivity contribution in [1.29, 1.82) is 0 Å². The van der Waals surface area contributed by atoms with Crippen LogP contribution in [-0.2, 0) is 6.42 Å². The summed E-state index contributed by atoms with van der Waals surface area (Å²) >= 11 is 0. The van der Waals surface area contributed by atoms with Gasteiger partial charge in [0, 0.05) is 12.6 Å². The van der Waals surface area contributed by atoms with Gasteiger partial charge in [-0.05, 0) is 29.3 Å². The first kappa shape index (κ1) is 13.2. The predicted octanol–water partition coefficient (Wildman–Crippen LogP) is 3.15. The molecule has 0 bridgehead atoms. The number of nitrogens with zero attached hydrogens (tertiary/aromatic N) is 1. The van der Waals surface area contributed by atoms with Crippen molar-refractivity contribution in [1.82, 2.24) is 4.98 Å². The zero-order valence-electron chi connectivity index (χ0n) is 9.82. The number of nitrogen functional groups attached to an aromatic ring is 1. The number of hydrogen-bond donors (Lipinski definition) is 1. The summed E-state index contributed by atoms with van der Waals surface area (Å²) in [5.41, 5.74) is 6.73. The van der Waals surface area contributed by atoms with E-state index in [-0.39, 0.29) is 5.75 Å². The average molecular weight is 268 g/mol. The zero-order valence-corrected chi connectivity index (χ0v) is 9.82. The zero-order chi connectivity index (χ0) is 13.9. The lowest BCUT2D eigenvalue weighted by atomic mass is 10.1. The van der Waals surface area contributed by atoms with Gasteiger partial charge in [-0.2, -0.15) is 0 Å². The van der Waals surface area contributed by atoms with Crippen LogP contribution in [0.25, 0.3) is 0 Å². The maximum atomic E-state index is 12.3. The monoisotopic (exact) mass is 268 g/mol. The minimum absolute atomic E-state index is 0.203. The molecule has 19 heavy (non-hydrogen) atoms. The van der Waals surface area contributed by atoms with Crippen LogP contribution in [-0.4, -0.2) is 11.3 Å². The molecule has 0 saturated heterocycles. The number of ether oxygens (including phenoxy) is 1. The van der Waals surface area contributed by atoms with E-state index >= 15 is 0 Å². The van der Waals surface area contributed by atoms with Crippen LogP contribution in [0.4, 0.5) is 19.0 Å². The fraction of sp³-hybridized carbons (Fsp3) is 0.154. The standard InChI is InChI=1S/C13H11F3N2O/c14-13(15,16)19-11-4-2-1-3-10(11)7-9-5-6-18-12(17)8-9/h1-6,8H,7H2,(H2,17,18). The number of para-hydroxylation sites is 1. The number of halogens is 3. The van der Waals surface area contributed by atoms with Crippen LogP contribution in [0.1, 0.15) is 11.1 Å². The van der Waals surface area contributed by atoms with Gasteiger partial charge in [-0.15, -0.1) is 13.2 Å². The number of pyridine rings is 1. The van der Waals surface area contributed by atoms with Crippen LogP contribution < -0.4 is 10.5 Å². The Morgan fingerprint density at radius 1 is 1.16 bits per heavy atom. The van der Waals surface area contributed by atoms with E-state index in [1.54, 1.807) is 24.3 Å². The second-order valence-electron chi connectivity index (χ2n) is 3.92. The lowest BCUT2D eigenvalue weighted by Crippen LogP contribution is -2.18. The summed E-state index contributed by atoms with van der Waals surface area (Å²) in [6.45, 7) is 0. The summed E-state index contributed by atoms with van der Waals surface area (Å²) in [6.07, 6.45) is -2.90. The Labute approximate surface area is 107 Å². The first-order valence-corrected chi connectivity index (χ1v) is 5.48. The van der Waals surface area contributed by atoms with Gasteiger partial charge < -0.3 is 10.5 Å². The first-order valence-electron chi connectivity index (χ1n) is 5.48. The Hall–Kier alpha value is -2.24. The minimum Gasteiger partial charge on any atom is -0.405 e. The highest BCUT2D eigenvalue weighted by Crippen LogP contribution is 2.27. The van der Waals surface area contributed by atoms with Crippen LogP contribution in [0, 0.1) is 0 Å². The van der Waals surface area contributed by atoms with Crippen molar-refractivity contribution >= 4 is 5.82 Å². The Bertz CT molecular complexity index is 570. The Morgan fingerprint density at radius 3 is 2.58 bits per heavy atom. The molecular weight excluding hydrogens is 257 g/mol. The van der Waals surface area contributed by atoms with E-state index in [1.807, 2.05) is 0 Å². The van der Waals surface area contributed by atoms with Gasteiger partial charge in [0.2, 0.25) is 0 Å². The maximum Gasteiger partial charge on any atom is 0.573 e. The summed E-state index contributed by atoms with van der Waals surface area (Å²) in [4.78, 5) is 3.83. The van der Waals surface area contributed by atoms with E-state index in [4.69, 9.17) is 5.73 Å². The van der Waals surface area contributed by atoms with E-state index in [1.165, 1.54) is 18.3 Å². The molecule has 6 heteroatoms. The summed E-state index contributed by atoms with van der Waals surface area (Å²) in [6, 6.07) is 9.32. The van der Waals surface area contributed by atoms with Gasteiger partial charge in [-0.1, -0.05) is 18.2 Å². The lowest BCUT2D eigenvalue weighted by molar-refractivity contribution is -0.274. The molecule has 0 amide bonds. The van der Waals surface area contributed by atoms with Gasteiger partial charge in [0.05, 0.1) is 0 Å². The maximum absolute atomic E-state index is 12.3. The molecule has 0 spiro atoms. The number of hydrogen-bond acceptors (Lipinski definition) is 3. The van der Waals surface area contributed by atoms with E-state index < -0.39 is 6.36 Å². The van der Waals surface area contributed by atoms with Gasteiger partial charge >= 0.3 is 6.36 Å². The molecule has 0 aliphatic heterocycles. The van der Waals surface area contributed by atoms with Crippen molar-refractivity contribution in [2.24, 2.45) is 0 Å². The number of benzene rings is 1.